The zero-order chi connectivity index (χ0) is 14.7. The molecule has 2 rings (SSSR count). The predicted molar refractivity (Wildman–Crippen MR) is 80.2 cm³/mol. The van der Waals surface area contributed by atoms with Crippen molar-refractivity contribution in [2.45, 2.75) is 20.3 Å². The molecule has 1 aromatic heterocycles. The predicted octanol–water partition coefficient (Wildman–Crippen LogP) is 2.83. The van der Waals surface area contributed by atoms with Crippen LogP contribution in [0.3, 0.4) is 0 Å². The minimum absolute atomic E-state index is 0.0213. The van der Waals surface area contributed by atoms with Gasteiger partial charge in [0.15, 0.2) is 0 Å². The van der Waals surface area contributed by atoms with E-state index in [1.165, 1.54) is 0 Å². The van der Waals surface area contributed by atoms with E-state index in [1.54, 1.807) is 13.2 Å². The van der Waals surface area contributed by atoms with Crippen LogP contribution >= 0.6 is 0 Å². The number of nitrogens with zero attached hydrogens (tertiary/aromatic N) is 1. The molecular weight excluding hydrogens is 252 g/mol. The Morgan fingerprint density at radius 2 is 2.05 bits per heavy atom. The van der Waals surface area contributed by atoms with Crippen molar-refractivity contribution in [1.82, 2.24) is 4.57 Å². The van der Waals surface area contributed by atoms with Crippen LogP contribution in [-0.4, -0.2) is 17.6 Å². The minimum atomic E-state index is -0.0213. The van der Waals surface area contributed by atoms with Gasteiger partial charge in [0, 0.05) is 30.2 Å². The number of aromatic nitrogens is 1. The highest BCUT2D eigenvalue weighted by Gasteiger charge is 2.11. The summed E-state index contributed by atoms with van der Waals surface area (Å²) in [7, 11) is 3.62. The molecule has 0 bridgehead atoms. The molecule has 20 heavy (non-hydrogen) atoms. The normalized spacial score (nSPS) is 10.4. The van der Waals surface area contributed by atoms with Crippen LogP contribution in [0.5, 0.6) is 5.75 Å². The number of anilines is 1. The van der Waals surface area contributed by atoms with Crippen molar-refractivity contribution in [1.29, 1.82) is 0 Å². The van der Waals surface area contributed by atoms with E-state index < -0.39 is 0 Å². The first-order chi connectivity index (χ1) is 9.51. The highest BCUT2D eigenvalue weighted by Crippen LogP contribution is 2.18. The van der Waals surface area contributed by atoms with E-state index in [2.05, 4.69) is 16.0 Å². The average molecular weight is 272 g/mol. The third-order valence-electron chi connectivity index (χ3n) is 3.58. The number of carbonyl (C=O) groups excluding carboxylic acids is 1. The molecule has 1 aromatic carbocycles. The monoisotopic (exact) mass is 272 g/mol. The fraction of sp³-hybridized carbons (Fsp3) is 0.312. The largest absolute Gasteiger partial charge is 0.497 e. The number of hydrogen-bond acceptors (Lipinski definition) is 2. The second-order valence-corrected chi connectivity index (χ2v) is 4.91. The summed E-state index contributed by atoms with van der Waals surface area (Å²) in [6, 6.07) is 9.41. The zero-order valence-electron chi connectivity index (χ0n) is 12.4. The van der Waals surface area contributed by atoms with Gasteiger partial charge in [0.2, 0.25) is 5.91 Å². The fourth-order valence-electron chi connectivity index (χ4n) is 2.19. The summed E-state index contributed by atoms with van der Waals surface area (Å²) in [4.78, 5) is 12.1. The van der Waals surface area contributed by atoms with Crippen LogP contribution in [0.2, 0.25) is 0 Å². The van der Waals surface area contributed by atoms with E-state index in [0.717, 1.165) is 28.4 Å². The first kappa shape index (κ1) is 14.2. The molecule has 0 spiro atoms. The molecule has 0 radical (unpaired) electrons. The Kier molecular flexibility index (Phi) is 4.13. The first-order valence-corrected chi connectivity index (χ1v) is 6.57. The average Bonchev–Trinajstić information content (AvgIpc) is 2.66. The molecule has 0 aliphatic heterocycles. The Morgan fingerprint density at radius 3 is 2.65 bits per heavy atom. The molecule has 0 aliphatic carbocycles. The third-order valence-corrected chi connectivity index (χ3v) is 3.58. The summed E-state index contributed by atoms with van der Waals surface area (Å²) in [5.74, 6) is 0.710. The molecule has 106 valence electrons. The van der Waals surface area contributed by atoms with Crippen molar-refractivity contribution in [3.8, 4) is 5.75 Å². The van der Waals surface area contributed by atoms with Crippen molar-refractivity contribution in [3.05, 3.63) is 47.3 Å². The number of hydrogen-bond donors (Lipinski definition) is 1. The molecular formula is C16H20N2O2. The van der Waals surface area contributed by atoms with Crippen LogP contribution in [0, 0.1) is 13.8 Å². The smallest absolute Gasteiger partial charge is 0.228 e. The van der Waals surface area contributed by atoms with Gasteiger partial charge in [-0.25, -0.2) is 0 Å². The van der Waals surface area contributed by atoms with Gasteiger partial charge in [-0.05, 0) is 37.6 Å². The minimum Gasteiger partial charge on any atom is -0.497 e. The highest BCUT2D eigenvalue weighted by atomic mass is 16.5. The van der Waals surface area contributed by atoms with Gasteiger partial charge in [-0.3, -0.25) is 4.79 Å². The Balaban J connectivity index is 2.07. The maximum absolute atomic E-state index is 12.1. The van der Waals surface area contributed by atoms with Crippen molar-refractivity contribution < 1.29 is 9.53 Å². The van der Waals surface area contributed by atoms with Crippen molar-refractivity contribution in [2.75, 3.05) is 12.4 Å². The van der Waals surface area contributed by atoms with Gasteiger partial charge in [0.05, 0.1) is 13.5 Å². The molecule has 0 aliphatic rings. The van der Waals surface area contributed by atoms with Gasteiger partial charge in [0.1, 0.15) is 5.75 Å². The molecule has 2 aromatic rings. The second-order valence-electron chi connectivity index (χ2n) is 4.91. The number of rotatable bonds is 4. The number of carbonyl (C=O) groups is 1. The van der Waals surface area contributed by atoms with Crippen molar-refractivity contribution in [3.63, 3.8) is 0 Å². The molecule has 0 saturated carbocycles. The quantitative estimate of drug-likeness (QED) is 0.930. The van der Waals surface area contributed by atoms with Crippen LogP contribution in [0.1, 0.15) is 17.0 Å². The lowest BCUT2D eigenvalue weighted by molar-refractivity contribution is -0.115. The number of benzene rings is 1. The SMILES string of the molecule is COc1cccc(NC(=O)Cc2cc(C)n(C)c2C)c1. The van der Waals surface area contributed by atoms with Gasteiger partial charge >= 0.3 is 0 Å². The zero-order valence-corrected chi connectivity index (χ0v) is 12.4. The maximum atomic E-state index is 12.1. The van der Waals surface area contributed by atoms with E-state index in [-0.39, 0.29) is 5.91 Å². The number of methoxy groups -OCH3 is 1. The second kappa shape index (κ2) is 5.82. The summed E-state index contributed by atoms with van der Waals surface area (Å²) in [5.41, 5.74) is 4.10. The summed E-state index contributed by atoms with van der Waals surface area (Å²) in [5, 5.41) is 2.89. The molecule has 4 heteroatoms. The van der Waals surface area contributed by atoms with Gasteiger partial charge in [-0.2, -0.15) is 0 Å². The fourth-order valence-corrected chi connectivity index (χ4v) is 2.19. The van der Waals surface area contributed by atoms with E-state index >= 15 is 0 Å². The number of ether oxygens (including phenoxy) is 1. The first-order valence-electron chi connectivity index (χ1n) is 6.57. The topological polar surface area (TPSA) is 43.3 Å². The van der Waals surface area contributed by atoms with E-state index in [4.69, 9.17) is 4.74 Å². The molecule has 1 amide bonds. The lowest BCUT2D eigenvalue weighted by Gasteiger charge is -2.07. The van der Waals surface area contributed by atoms with E-state index in [0.29, 0.717) is 6.42 Å². The molecule has 0 atom stereocenters. The third kappa shape index (κ3) is 3.02. The summed E-state index contributed by atoms with van der Waals surface area (Å²) in [6.45, 7) is 4.07. The summed E-state index contributed by atoms with van der Waals surface area (Å²) >= 11 is 0. The van der Waals surface area contributed by atoms with Gasteiger partial charge in [-0.15, -0.1) is 0 Å². The molecule has 1 heterocycles. The Labute approximate surface area is 119 Å². The van der Waals surface area contributed by atoms with Crippen LogP contribution in [0.15, 0.2) is 30.3 Å². The maximum Gasteiger partial charge on any atom is 0.228 e. The lowest BCUT2D eigenvalue weighted by atomic mass is 10.1. The number of aryl methyl sites for hydroxylation is 1. The van der Waals surface area contributed by atoms with Gasteiger partial charge in [0.25, 0.3) is 0 Å². The Hall–Kier alpha value is -2.23. The molecule has 4 nitrogen and oxygen atoms in total. The molecule has 0 fully saturated rings. The van der Waals surface area contributed by atoms with E-state index in [1.807, 2.05) is 39.1 Å². The molecule has 1 N–H and O–H groups in total. The molecule has 0 saturated heterocycles. The standard InChI is InChI=1S/C16H20N2O2/c1-11-8-13(12(2)18(11)3)9-16(19)17-14-6-5-7-15(10-14)20-4/h5-8,10H,9H2,1-4H3,(H,17,19). The lowest BCUT2D eigenvalue weighted by Crippen LogP contribution is -2.14. The van der Waals surface area contributed by atoms with Gasteiger partial charge < -0.3 is 14.6 Å². The van der Waals surface area contributed by atoms with Crippen LogP contribution in [0.25, 0.3) is 0 Å². The van der Waals surface area contributed by atoms with E-state index in [9.17, 15) is 4.79 Å². The number of nitrogens with one attached hydrogen (secondary N) is 1. The van der Waals surface area contributed by atoms with Crippen molar-refractivity contribution >= 4 is 11.6 Å². The van der Waals surface area contributed by atoms with Gasteiger partial charge in [-0.1, -0.05) is 6.07 Å². The van der Waals surface area contributed by atoms with Crippen LogP contribution in [-0.2, 0) is 18.3 Å². The highest BCUT2D eigenvalue weighted by molar-refractivity contribution is 5.92. The molecule has 0 unspecified atom stereocenters. The van der Waals surface area contributed by atoms with Crippen molar-refractivity contribution in [2.24, 2.45) is 7.05 Å². The number of amides is 1. The summed E-state index contributed by atoms with van der Waals surface area (Å²) < 4.78 is 7.23. The van der Waals surface area contributed by atoms with Crippen LogP contribution < -0.4 is 10.1 Å². The summed E-state index contributed by atoms with van der Waals surface area (Å²) in [6.07, 6.45) is 0.380. The Morgan fingerprint density at radius 1 is 1.30 bits per heavy atom. The Bertz CT molecular complexity index is 629. The van der Waals surface area contributed by atoms with Crippen LogP contribution in [0.4, 0.5) is 5.69 Å².